The molecule has 0 saturated carbocycles. The van der Waals surface area contributed by atoms with Crippen molar-refractivity contribution in [3.8, 4) is 11.1 Å². The fourth-order valence-electron chi connectivity index (χ4n) is 3.13. The summed E-state index contributed by atoms with van der Waals surface area (Å²) in [4.78, 5) is 24.0. The minimum absolute atomic E-state index is 0.126. The Bertz CT molecular complexity index is 1370. The van der Waals surface area contributed by atoms with Gasteiger partial charge in [-0.1, -0.05) is 0 Å². The lowest BCUT2D eigenvalue weighted by atomic mass is 10.0. The van der Waals surface area contributed by atoms with Crippen LogP contribution in [0.2, 0.25) is 0 Å². The number of alkyl halides is 3. The van der Waals surface area contributed by atoms with Gasteiger partial charge in [0.05, 0.1) is 23.9 Å². The number of pyridine rings is 1. The summed E-state index contributed by atoms with van der Waals surface area (Å²) < 4.78 is 69.3. The van der Waals surface area contributed by atoms with Crippen LogP contribution in [0.25, 0.3) is 11.1 Å². The first-order valence-electron chi connectivity index (χ1n) is 9.97. The Morgan fingerprint density at radius 2 is 1.77 bits per heavy atom. The fourth-order valence-corrected chi connectivity index (χ4v) is 3.13. The second-order valence-corrected chi connectivity index (χ2v) is 7.40. The van der Waals surface area contributed by atoms with Crippen LogP contribution in [0.3, 0.4) is 0 Å². The molecular weight excluding hydrogens is 473 g/mol. The fraction of sp³-hybridized carbons (Fsp3) is 0.136. The quantitative estimate of drug-likeness (QED) is 0.388. The molecule has 0 radical (unpaired) electrons. The number of rotatable bonds is 6. The minimum atomic E-state index is -4.62. The highest BCUT2D eigenvalue weighted by molar-refractivity contribution is 5.91. The molecule has 0 bridgehead atoms. The van der Waals surface area contributed by atoms with E-state index in [-0.39, 0.29) is 28.5 Å². The molecule has 2 N–H and O–H groups in total. The number of aryl methyl sites for hydroxylation is 1. The van der Waals surface area contributed by atoms with E-state index in [4.69, 9.17) is 0 Å². The van der Waals surface area contributed by atoms with Crippen LogP contribution in [0.5, 0.6) is 0 Å². The average molecular weight is 489 g/mol. The van der Waals surface area contributed by atoms with Crippen molar-refractivity contribution in [2.45, 2.75) is 12.6 Å². The lowest BCUT2D eigenvalue weighted by molar-refractivity contribution is -0.137. The van der Waals surface area contributed by atoms with Crippen LogP contribution in [0.4, 0.5) is 39.4 Å². The molecular formula is C22H16F5N7O. The molecule has 0 aliphatic heterocycles. The van der Waals surface area contributed by atoms with Gasteiger partial charge in [-0.2, -0.15) is 18.3 Å². The van der Waals surface area contributed by atoms with Crippen LogP contribution in [-0.4, -0.2) is 30.6 Å². The molecule has 3 heterocycles. The molecule has 0 aliphatic carbocycles. The molecule has 8 nitrogen and oxygen atoms in total. The van der Waals surface area contributed by atoms with Gasteiger partial charge in [-0.3, -0.25) is 9.48 Å². The second-order valence-electron chi connectivity index (χ2n) is 7.40. The molecule has 0 unspecified atom stereocenters. The molecule has 4 rings (SSSR count). The van der Waals surface area contributed by atoms with Gasteiger partial charge in [0, 0.05) is 48.5 Å². The Labute approximate surface area is 194 Å². The molecule has 180 valence electrons. The monoisotopic (exact) mass is 489 g/mol. The Hall–Kier alpha value is -4.42. The normalized spacial score (nSPS) is 11.4. The summed E-state index contributed by atoms with van der Waals surface area (Å²) in [6, 6.07) is 3.12. The van der Waals surface area contributed by atoms with Crippen LogP contribution in [0, 0.1) is 11.6 Å². The largest absolute Gasteiger partial charge is 0.416 e. The van der Waals surface area contributed by atoms with E-state index in [1.807, 2.05) is 0 Å². The Morgan fingerprint density at radius 1 is 1.03 bits per heavy atom. The van der Waals surface area contributed by atoms with Crippen molar-refractivity contribution in [1.29, 1.82) is 0 Å². The maximum absolute atomic E-state index is 14.7. The molecule has 1 aromatic carbocycles. The number of benzene rings is 1. The molecule has 0 atom stereocenters. The third-order valence-electron chi connectivity index (χ3n) is 4.77. The van der Waals surface area contributed by atoms with Gasteiger partial charge in [0.25, 0.3) is 0 Å². The van der Waals surface area contributed by atoms with Crippen LogP contribution >= 0.6 is 0 Å². The van der Waals surface area contributed by atoms with E-state index < -0.39 is 35.7 Å². The van der Waals surface area contributed by atoms with Gasteiger partial charge < -0.3 is 10.6 Å². The van der Waals surface area contributed by atoms with Crippen LogP contribution < -0.4 is 10.6 Å². The summed E-state index contributed by atoms with van der Waals surface area (Å²) in [7, 11) is 1.74. The van der Waals surface area contributed by atoms with Gasteiger partial charge in [-0.15, -0.1) is 0 Å². The van der Waals surface area contributed by atoms with Gasteiger partial charge in [0.1, 0.15) is 17.5 Å². The summed E-state index contributed by atoms with van der Waals surface area (Å²) >= 11 is 0. The molecule has 35 heavy (non-hydrogen) atoms. The maximum atomic E-state index is 14.7. The third-order valence-corrected chi connectivity index (χ3v) is 4.77. The van der Waals surface area contributed by atoms with Crippen molar-refractivity contribution in [3.05, 3.63) is 78.0 Å². The van der Waals surface area contributed by atoms with Crippen LogP contribution in [-0.2, 0) is 24.4 Å². The van der Waals surface area contributed by atoms with Crippen molar-refractivity contribution < 1.29 is 26.7 Å². The van der Waals surface area contributed by atoms with E-state index in [1.54, 1.807) is 24.1 Å². The number of amides is 1. The van der Waals surface area contributed by atoms with Gasteiger partial charge in [0.15, 0.2) is 0 Å². The van der Waals surface area contributed by atoms with Gasteiger partial charge in [0.2, 0.25) is 11.9 Å². The van der Waals surface area contributed by atoms with E-state index in [1.165, 1.54) is 12.4 Å². The Balaban J connectivity index is 1.46. The average Bonchev–Trinajstić information content (AvgIpc) is 3.20. The number of aromatic nitrogens is 5. The summed E-state index contributed by atoms with van der Waals surface area (Å²) in [5.41, 5.74) is -0.582. The third kappa shape index (κ3) is 5.75. The van der Waals surface area contributed by atoms with Gasteiger partial charge >= 0.3 is 6.18 Å². The number of carbonyl (C=O) groups excluding carboxylic acids is 1. The van der Waals surface area contributed by atoms with Crippen LogP contribution in [0.1, 0.15) is 11.1 Å². The summed E-state index contributed by atoms with van der Waals surface area (Å²) in [6.45, 7) is 0. The summed E-state index contributed by atoms with van der Waals surface area (Å²) in [5.74, 6) is -2.72. The number of nitrogens with one attached hydrogen (secondary N) is 2. The first-order valence-corrected chi connectivity index (χ1v) is 9.97. The molecule has 0 aliphatic rings. The zero-order valence-electron chi connectivity index (χ0n) is 17.9. The topological polar surface area (TPSA) is 97.6 Å². The first kappa shape index (κ1) is 23.7. The van der Waals surface area contributed by atoms with Crippen molar-refractivity contribution >= 4 is 23.4 Å². The minimum Gasteiger partial charge on any atom is -0.321 e. The molecule has 4 aromatic rings. The van der Waals surface area contributed by atoms with E-state index >= 15 is 0 Å². The van der Waals surface area contributed by atoms with Crippen LogP contribution in [0.15, 0.2) is 55.2 Å². The number of nitrogens with zero attached hydrogens (tertiary/aromatic N) is 5. The predicted octanol–water partition coefficient (Wildman–Crippen LogP) is 4.49. The smallest absolute Gasteiger partial charge is 0.321 e. The maximum Gasteiger partial charge on any atom is 0.416 e. The van der Waals surface area contributed by atoms with Crippen molar-refractivity contribution in [2.24, 2.45) is 7.05 Å². The molecule has 0 fully saturated rings. The highest BCUT2D eigenvalue weighted by Gasteiger charge is 2.30. The molecule has 0 spiro atoms. The van der Waals surface area contributed by atoms with Crippen molar-refractivity contribution in [3.63, 3.8) is 0 Å². The number of carbonyl (C=O) groups is 1. The molecule has 3 aromatic heterocycles. The molecule has 13 heteroatoms. The van der Waals surface area contributed by atoms with E-state index in [9.17, 15) is 26.7 Å². The molecule has 0 saturated heterocycles. The highest BCUT2D eigenvalue weighted by atomic mass is 19.4. The van der Waals surface area contributed by atoms with Gasteiger partial charge in [-0.05, 0) is 24.3 Å². The van der Waals surface area contributed by atoms with E-state index in [2.05, 4.69) is 30.7 Å². The summed E-state index contributed by atoms with van der Waals surface area (Å²) in [6.07, 6.45) is 1.50. The number of anilines is 3. The van der Waals surface area contributed by atoms with E-state index in [0.717, 1.165) is 24.4 Å². The Kier molecular flexibility index (Phi) is 6.40. The molecule has 1 amide bonds. The van der Waals surface area contributed by atoms with E-state index in [0.29, 0.717) is 11.8 Å². The number of hydrogen-bond donors (Lipinski definition) is 2. The SMILES string of the molecule is Cn1cc(Nc2ncc(-c3cc(F)c(CC(=O)Nc4cc(C(F)(F)F)ccn4)cc3F)cn2)cn1. The number of hydrogen-bond acceptors (Lipinski definition) is 6. The zero-order chi connectivity index (χ0) is 25.2. The lowest BCUT2D eigenvalue weighted by Crippen LogP contribution is -2.17. The van der Waals surface area contributed by atoms with Crippen molar-refractivity contribution in [2.75, 3.05) is 10.6 Å². The number of halogens is 5. The standard InChI is InChI=1S/C22H16F5N7O/c1-34-11-15(10-31-34)32-21-29-8-13(9-30-21)16-7-17(23)12(4-18(16)24)5-20(35)33-19-6-14(2-3-28-19)22(25,26)27/h2-4,6-11H,5H2,1H3,(H,28,33,35)(H,29,30,32). The zero-order valence-corrected chi connectivity index (χ0v) is 17.9. The first-order chi connectivity index (χ1) is 16.6. The highest BCUT2D eigenvalue weighted by Crippen LogP contribution is 2.30. The van der Waals surface area contributed by atoms with Crippen molar-refractivity contribution in [1.82, 2.24) is 24.7 Å². The Morgan fingerprint density at radius 3 is 2.43 bits per heavy atom. The lowest BCUT2D eigenvalue weighted by Gasteiger charge is -2.10. The van der Waals surface area contributed by atoms with Gasteiger partial charge in [-0.25, -0.2) is 23.7 Å². The second kappa shape index (κ2) is 9.44. The predicted molar refractivity (Wildman–Crippen MR) is 115 cm³/mol. The summed E-state index contributed by atoms with van der Waals surface area (Å²) in [5, 5.41) is 9.05.